The number of sulfonamides is 1. The Labute approximate surface area is 111 Å². The molecule has 0 aliphatic carbocycles. The molecule has 2 N–H and O–H groups in total. The summed E-state index contributed by atoms with van der Waals surface area (Å²) in [5.41, 5.74) is 4.83. The second-order valence-electron chi connectivity index (χ2n) is 4.06. The molecule has 0 bridgehead atoms. The van der Waals surface area contributed by atoms with E-state index in [1.54, 1.807) is 0 Å². The van der Waals surface area contributed by atoms with Crippen LogP contribution in [0.4, 0.5) is 14.5 Å². The summed E-state index contributed by atoms with van der Waals surface area (Å²) < 4.78 is 63.2. The van der Waals surface area contributed by atoms with Crippen LogP contribution in [-0.2, 0) is 20.8 Å². The molecule has 9 heteroatoms. The molecule has 5 nitrogen and oxygen atoms in total. The lowest BCUT2D eigenvalue weighted by atomic mass is 10.3. The van der Waals surface area contributed by atoms with E-state index in [0.717, 1.165) is 10.4 Å². The molecule has 1 heterocycles. The van der Waals surface area contributed by atoms with E-state index in [1.165, 1.54) is 0 Å². The zero-order valence-electron chi connectivity index (χ0n) is 9.80. The van der Waals surface area contributed by atoms with Crippen LogP contribution in [0.5, 0.6) is 0 Å². The summed E-state index contributed by atoms with van der Waals surface area (Å²) in [5.74, 6) is -1.77. The van der Waals surface area contributed by atoms with Crippen molar-refractivity contribution in [1.29, 1.82) is 0 Å². The molecule has 1 aromatic rings. The number of halogens is 2. The molecular formula is C10H12F2N2O3S2. The summed E-state index contributed by atoms with van der Waals surface area (Å²) in [6.45, 7) is 0.0946. The molecule has 0 atom stereocenters. The van der Waals surface area contributed by atoms with Crippen LogP contribution >= 0.6 is 0 Å². The second kappa shape index (κ2) is 5.14. The molecule has 0 saturated carbocycles. The molecule has 19 heavy (non-hydrogen) atoms. The molecule has 1 saturated heterocycles. The smallest absolute Gasteiger partial charge is 0.246 e. The number of nitrogen functional groups attached to an aromatic ring is 1. The molecule has 1 fully saturated rings. The molecule has 1 aromatic carbocycles. The van der Waals surface area contributed by atoms with Gasteiger partial charge in [0.25, 0.3) is 0 Å². The van der Waals surface area contributed by atoms with Crippen molar-refractivity contribution in [3.8, 4) is 0 Å². The standard InChI is InChI=1S/C10H12F2N2O3S2/c11-7-5-8(12)10(6-9(7)13)19(16,17)14-1-3-18(15)4-2-14/h5-6H,1-4,13H2. The predicted octanol–water partition coefficient (Wildman–Crippen LogP) is 0.300. The zero-order valence-corrected chi connectivity index (χ0v) is 11.4. The normalized spacial score (nSPS) is 18.6. The Balaban J connectivity index is 2.40. The molecule has 0 spiro atoms. The van der Waals surface area contributed by atoms with Gasteiger partial charge in [0.2, 0.25) is 10.0 Å². The van der Waals surface area contributed by atoms with E-state index in [2.05, 4.69) is 0 Å². The minimum absolute atomic E-state index is 0.0473. The third kappa shape index (κ3) is 2.77. The Morgan fingerprint density at radius 2 is 1.74 bits per heavy atom. The first kappa shape index (κ1) is 14.4. The quantitative estimate of drug-likeness (QED) is 0.797. The SMILES string of the molecule is Nc1cc(S(=O)(=O)N2CCS(=O)CC2)c(F)cc1F. The highest BCUT2D eigenvalue weighted by Gasteiger charge is 2.31. The van der Waals surface area contributed by atoms with Gasteiger partial charge in [-0.1, -0.05) is 0 Å². The van der Waals surface area contributed by atoms with Crippen LogP contribution in [-0.4, -0.2) is 41.5 Å². The Bertz CT molecular complexity index is 624. The average molecular weight is 310 g/mol. The number of hydrogen-bond donors (Lipinski definition) is 1. The molecule has 0 aromatic heterocycles. The van der Waals surface area contributed by atoms with Crippen LogP contribution in [0.3, 0.4) is 0 Å². The maximum Gasteiger partial charge on any atom is 0.246 e. The molecule has 0 amide bonds. The van der Waals surface area contributed by atoms with Gasteiger partial charge in [-0.2, -0.15) is 4.31 Å². The maximum absolute atomic E-state index is 13.6. The van der Waals surface area contributed by atoms with Gasteiger partial charge >= 0.3 is 0 Å². The van der Waals surface area contributed by atoms with Gasteiger partial charge in [0, 0.05) is 41.5 Å². The third-order valence-corrected chi connectivity index (χ3v) is 6.00. The van der Waals surface area contributed by atoms with Crippen LogP contribution in [0.25, 0.3) is 0 Å². The van der Waals surface area contributed by atoms with E-state index in [9.17, 15) is 21.4 Å². The van der Waals surface area contributed by atoms with Crippen molar-refractivity contribution in [2.24, 2.45) is 0 Å². The Hall–Kier alpha value is -1.06. The second-order valence-corrected chi connectivity index (χ2v) is 7.66. The third-order valence-electron chi connectivity index (χ3n) is 2.81. The minimum atomic E-state index is -4.08. The lowest BCUT2D eigenvalue weighted by Gasteiger charge is -2.25. The van der Waals surface area contributed by atoms with Crippen molar-refractivity contribution in [1.82, 2.24) is 4.31 Å². The van der Waals surface area contributed by atoms with E-state index in [4.69, 9.17) is 5.73 Å². The number of anilines is 1. The summed E-state index contributed by atoms with van der Waals surface area (Å²) in [7, 11) is -5.13. The maximum atomic E-state index is 13.6. The number of hydrogen-bond acceptors (Lipinski definition) is 4. The van der Waals surface area contributed by atoms with Crippen LogP contribution in [0, 0.1) is 11.6 Å². The van der Waals surface area contributed by atoms with Crippen molar-refractivity contribution in [2.75, 3.05) is 30.3 Å². The van der Waals surface area contributed by atoms with E-state index in [1.807, 2.05) is 0 Å². The van der Waals surface area contributed by atoms with Gasteiger partial charge in [-0.15, -0.1) is 0 Å². The Kier molecular flexibility index (Phi) is 3.88. The van der Waals surface area contributed by atoms with Gasteiger partial charge in [0.1, 0.15) is 16.5 Å². The number of rotatable bonds is 2. The first-order chi connectivity index (χ1) is 8.82. The van der Waals surface area contributed by atoms with Crippen molar-refractivity contribution in [2.45, 2.75) is 4.90 Å². The molecule has 2 rings (SSSR count). The highest BCUT2D eigenvalue weighted by molar-refractivity contribution is 7.89. The first-order valence-corrected chi connectivity index (χ1v) is 8.35. The van der Waals surface area contributed by atoms with Crippen LogP contribution < -0.4 is 5.73 Å². The first-order valence-electron chi connectivity index (χ1n) is 5.42. The largest absolute Gasteiger partial charge is 0.396 e. The topological polar surface area (TPSA) is 80.5 Å². The highest BCUT2D eigenvalue weighted by atomic mass is 32.2. The lowest BCUT2D eigenvalue weighted by molar-refractivity contribution is 0.433. The fourth-order valence-electron chi connectivity index (χ4n) is 1.74. The zero-order chi connectivity index (χ0) is 14.2. The summed E-state index contributed by atoms with van der Waals surface area (Å²) in [6.07, 6.45) is 0. The van der Waals surface area contributed by atoms with Crippen molar-refractivity contribution in [3.63, 3.8) is 0 Å². The summed E-state index contributed by atoms with van der Waals surface area (Å²) in [6, 6.07) is 1.22. The van der Waals surface area contributed by atoms with Crippen LogP contribution in [0.15, 0.2) is 17.0 Å². The van der Waals surface area contributed by atoms with E-state index >= 15 is 0 Å². The van der Waals surface area contributed by atoms with E-state index in [0.29, 0.717) is 6.07 Å². The molecule has 0 unspecified atom stereocenters. The fraction of sp³-hybridized carbons (Fsp3) is 0.400. The molecule has 106 valence electrons. The Morgan fingerprint density at radius 3 is 2.32 bits per heavy atom. The van der Waals surface area contributed by atoms with Gasteiger partial charge in [0.15, 0.2) is 0 Å². The molecule has 1 aliphatic rings. The number of nitrogens with zero attached hydrogens (tertiary/aromatic N) is 1. The van der Waals surface area contributed by atoms with Gasteiger partial charge in [-0.3, -0.25) is 4.21 Å². The number of nitrogens with two attached hydrogens (primary N) is 1. The monoisotopic (exact) mass is 310 g/mol. The Morgan fingerprint density at radius 1 is 1.16 bits per heavy atom. The van der Waals surface area contributed by atoms with Gasteiger partial charge < -0.3 is 5.73 Å². The summed E-state index contributed by atoms with van der Waals surface area (Å²) in [5, 5.41) is 0. The highest BCUT2D eigenvalue weighted by Crippen LogP contribution is 2.24. The van der Waals surface area contributed by atoms with Crippen molar-refractivity contribution >= 4 is 26.5 Å². The van der Waals surface area contributed by atoms with E-state index < -0.39 is 43.0 Å². The fourth-order valence-corrected chi connectivity index (χ4v) is 4.55. The molecule has 1 aliphatic heterocycles. The summed E-state index contributed by atoms with van der Waals surface area (Å²) in [4.78, 5) is -0.654. The minimum Gasteiger partial charge on any atom is -0.396 e. The predicted molar refractivity (Wildman–Crippen MR) is 67.4 cm³/mol. The van der Waals surface area contributed by atoms with Gasteiger partial charge in [0.05, 0.1) is 5.69 Å². The summed E-state index contributed by atoms with van der Waals surface area (Å²) >= 11 is 0. The van der Waals surface area contributed by atoms with Gasteiger partial charge in [-0.05, 0) is 6.07 Å². The van der Waals surface area contributed by atoms with Crippen LogP contribution in [0.2, 0.25) is 0 Å². The van der Waals surface area contributed by atoms with Crippen molar-refractivity contribution < 1.29 is 21.4 Å². The van der Waals surface area contributed by atoms with Crippen molar-refractivity contribution in [3.05, 3.63) is 23.8 Å². The lowest BCUT2D eigenvalue weighted by Crippen LogP contribution is -2.42. The molecular weight excluding hydrogens is 298 g/mol. The van der Waals surface area contributed by atoms with Crippen LogP contribution in [0.1, 0.15) is 0 Å². The van der Waals surface area contributed by atoms with Gasteiger partial charge in [-0.25, -0.2) is 17.2 Å². The average Bonchev–Trinajstić information content (AvgIpc) is 2.34. The number of benzene rings is 1. The molecule has 0 radical (unpaired) electrons. The van der Waals surface area contributed by atoms with E-state index in [-0.39, 0.29) is 24.6 Å².